The quantitative estimate of drug-likeness (QED) is 0.873. The Labute approximate surface area is 140 Å². The number of carbonyl (C=O) groups is 1. The lowest BCUT2D eigenvalue weighted by molar-refractivity contribution is -0.157. The molecular weight excluding hydrogens is 329 g/mol. The first-order valence-corrected chi connectivity index (χ1v) is 7.52. The number of amides is 1. The van der Waals surface area contributed by atoms with Gasteiger partial charge in [0.1, 0.15) is 0 Å². The van der Waals surface area contributed by atoms with Gasteiger partial charge in [0.15, 0.2) is 0 Å². The minimum Gasteiger partial charge on any atom is -0.352 e. The highest BCUT2D eigenvalue weighted by Gasteiger charge is 2.42. The van der Waals surface area contributed by atoms with Crippen LogP contribution in [0.1, 0.15) is 37.7 Å². The molecule has 0 spiro atoms. The molecule has 2 N–H and O–H groups in total. The molecule has 1 aliphatic rings. The number of halogens is 4. The summed E-state index contributed by atoms with van der Waals surface area (Å²) in [6, 6.07) is 7.57. The van der Waals surface area contributed by atoms with Gasteiger partial charge in [0.05, 0.1) is 5.92 Å². The normalized spacial score (nSPS) is 22.8. The summed E-state index contributed by atoms with van der Waals surface area (Å²) in [5.41, 5.74) is 0.125. The van der Waals surface area contributed by atoms with E-state index in [1.165, 1.54) is 12.1 Å². The Balaban J connectivity index is 0.00000264. The van der Waals surface area contributed by atoms with Crippen molar-refractivity contribution in [1.82, 2.24) is 10.6 Å². The third kappa shape index (κ3) is 5.70. The van der Waals surface area contributed by atoms with E-state index in [4.69, 9.17) is 0 Å². The van der Waals surface area contributed by atoms with Crippen LogP contribution in [0.4, 0.5) is 13.2 Å². The fraction of sp³-hybridized carbons (Fsp3) is 0.562. The predicted octanol–water partition coefficient (Wildman–Crippen LogP) is 3.40. The maximum absolute atomic E-state index is 13.2. The van der Waals surface area contributed by atoms with Crippen LogP contribution in [0.15, 0.2) is 30.3 Å². The predicted molar refractivity (Wildman–Crippen MR) is 85.7 cm³/mol. The van der Waals surface area contributed by atoms with Crippen molar-refractivity contribution < 1.29 is 18.0 Å². The summed E-state index contributed by atoms with van der Waals surface area (Å²) in [5.74, 6) is -2.31. The van der Waals surface area contributed by atoms with Crippen LogP contribution in [0.2, 0.25) is 0 Å². The highest BCUT2D eigenvalue weighted by Crippen LogP contribution is 2.37. The second kappa shape index (κ2) is 8.55. The second-order valence-corrected chi connectivity index (χ2v) is 5.77. The van der Waals surface area contributed by atoms with E-state index in [0.717, 1.165) is 19.4 Å². The van der Waals surface area contributed by atoms with Crippen LogP contribution in [-0.4, -0.2) is 30.7 Å². The summed E-state index contributed by atoms with van der Waals surface area (Å²) < 4.78 is 39.7. The van der Waals surface area contributed by atoms with E-state index >= 15 is 0 Å². The van der Waals surface area contributed by atoms with Crippen molar-refractivity contribution in [3.05, 3.63) is 35.9 Å². The Kier molecular flexibility index (Phi) is 7.35. The van der Waals surface area contributed by atoms with E-state index in [0.29, 0.717) is 0 Å². The largest absolute Gasteiger partial charge is 0.396 e. The van der Waals surface area contributed by atoms with Gasteiger partial charge in [0.2, 0.25) is 5.91 Å². The number of hydrogen-bond acceptors (Lipinski definition) is 2. The standard InChI is InChI=1S/C16H21F3N2O.ClH/c1-11-14(8-5-9-20-11)21-15(22)10-13(16(17,18)19)12-6-3-2-4-7-12;/h2-4,6-7,11,13-14,20H,5,8-10H2,1H3,(H,21,22);1H. The summed E-state index contributed by atoms with van der Waals surface area (Å²) in [4.78, 5) is 12.0. The van der Waals surface area contributed by atoms with Crippen molar-refractivity contribution >= 4 is 18.3 Å². The Bertz CT molecular complexity index is 496. The summed E-state index contributed by atoms with van der Waals surface area (Å²) in [6.45, 7) is 2.81. The summed E-state index contributed by atoms with van der Waals surface area (Å²) >= 11 is 0. The zero-order chi connectivity index (χ0) is 16.2. The third-order valence-corrected chi connectivity index (χ3v) is 4.09. The van der Waals surface area contributed by atoms with Gasteiger partial charge in [0, 0.05) is 18.5 Å². The van der Waals surface area contributed by atoms with Crippen LogP contribution in [-0.2, 0) is 4.79 Å². The molecule has 3 atom stereocenters. The topological polar surface area (TPSA) is 41.1 Å². The van der Waals surface area contributed by atoms with Crippen molar-refractivity contribution in [2.45, 2.75) is 50.4 Å². The average Bonchev–Trinajstić information content (AvgIpc) is 2.47. The van der Waals surface area contributed by atoms with Gasteiger partial charge in [-0.25, -0.2) is 0 Å². The summed E-state index contributed by atoms with van der Waals surface area (Å²) in [5, 5.41) is 5.96. The first kappa shape index (κ1) is 19.8. The smallest absolute Gasteiger partial charge is 0.352 e. The fourth-order valence-electron chi connectivity index (χ4n) is 2.80. The molecule has 1 aliphatic heterocycles. The molecular formula is C16H22ClF3N2O. The number of piperidine rings is 1. The molecule has 23 heavy (non-hydrogen) atoms. The monoisotopic (exact) mass is 350 g/mol. The maximum Gasteiger partial charge on any atom is 0.396 e. The SMILES string of the molecule is CC1NCCCC1NC(=O)CC(c1ccccc1)C(F)(F)F.Cl. The minimum absolute atomic E-state index is 0. The fourth-order valence-corrected chi connectivity index (χ4v) is 2.80. The summed E-state index contributed by atoms with van der Waals surface area (Å²) in [6.07, 6.45) is -3.30. The Morgan fingerprint density at radius 3 is 2.57 bits per heavy atom. The van der Waals surface area contributed by atoms with Gasteiger partial charge < -0.3 is 10.6 Å². The number of hydrogen-bond donors (Lipinski definition) is 2. The van der Waals surface area contributed by atoms with Crippen molar-refractivity contribution in [3.8, 4) is 0 Å². The molecule has 130 valence electrons. The second-order valence-electron chi connectivity index (χ2n) is 5.77. The first-order chi connectivity index (χ1) is 10.4. The number of carbonyl (C=O) groups excluding carboxylic acids is 1. The van der Waals surface area contributed by atoms with Crippen molar-refractivity contribution in [3.63, 3.8) is 0 Å². The van der Waals surface area contributed by atoms with Crippen LogP contribution in [0.3, 0.4) is 0 Å². The lowest BCUT2D eigenvalue weighted by atomic mass is 9.94. The molecule has 1 fully saturated rings. The van der Waals surface area contributed by atoms with E-state index in [9.17, 15) is 18.0 Å². The van der Waals surface area contributed by atoms with Crippen LogP contribution < -0.4 is 10.6 Å². The van der Waals surface area contributed by atoms with E-state index in [1.54, 1.807) is 18.2 Å². The molecule has 1 saturated heterocycles. The van der Waals surface area contributed by atoms with Gasteiger partial charge in [-0.2, -0.15) is 13.2 Å². The molecule has 2 rings (SSSR count). The molecule has 0 aromatic heterocycles. The Morgan fingerprint density at radius 1 is 1.35 bits per heavy atom. The van der Waals surface area contributed by atoms with E-state index < -0.39 is 24.4 Å². The van der Waals surface area contributed by atoms with Crippen LogP contribution in [0.5, 0.6) is 0 Å². The molecule has 1 heterocycles. The molecule has 0 bridgehead atoms. The zero-order valence-corrected chi connectivity index (χ0v) is 13.7. The molecule has 0 radical (unpaired) electrons. The van der Waals surface area contributed by atoms with Crippen molar-refractivity contribution in [2.75, 3.05) is 6.54 Å². The molecule has 3 nitrogen and oxygen atoms in total. The number of nitrogens with one attached hydrogen (secondary N) is 2. The third-order valence-electron chi connectivity index (χ3n) is 4.09. The van der Waals surface area contributed by atoms with Crippen LogP contribution in [0, 0.1) is 0 Å². The Hall–Kier alpha value is -1.27. The van der Waals surface area contributed by atoms with Gasteiger partial charge >= 0.3 is 6.18 Å². The minimum atomic E-state index is -4.44. The zero-order valence-electron chi connectivity index (χ0n) is 12.9. The lowest BCUT2D eigenvalue weighted by Crippen LogP contribution is -2.52. The van der Waals surface area contributed by atoms with Gasteiger partial charge in [-0.05, 0) is 31.9 Å². The molecule has 1 amide bonds. The average molecular weight is 351 g/mol. The van der Waals surface area contributed by atoms with E-state index in [2.05, 4.69) is 10.6 Å². The van der Waals surface area contributed by atoms with Gasteiger partial charge in [-0.15, -0.1) is 12.4 Å². The highest BCUT2D eigenvalue weighted by atomic mass is 35.5. The maximum atomic E-state index is 13.2. The number of alkyl halides is 3. The van der Waals surface area contributed by atoms with Crippen molar-refractivity contribution in [2.24, 2.45) is 0 Å². The Morgan fingerprint density at radius 2 is 2.00 bits per heavy atom. The molecule has 0 aliphatic carbocycles. The van der Waals surface area contributed by atoms with Gasteiger partial charge in [-0.3, -0.25) is 4.79 Å². The molecule has 1 aromatic carbocycles. The number of benzene rings is 1. The van der Waals surface area contributed by atoms with Gasteiger partial charge in [-0.1, -0.05) is 30.3 Å². The molecule has 3 unspecified atom stereocenters. The molecule has 7 heteroatoms. The molecule has 0 saturated carbocycles. The van der Waals surface area contributed by atoms with E-state index in [1.807, 2.05) is 6.92 Å². The highest BCUT2D eigenvalue weighted by molar-refractivity contribution is 5.85. The summed E-state index contributed by atoms with van der Waals surface area (Å²) in [7, 11) is 0. The number of rotatable bonds is 4. The lowest BCUT2D eigenvalue weighted by Gasteiger charge is -2.31. The van der Waals surface area contributed by atoms with Crippen LogP contribution in [0.25, 0.3) is 0 Å². The van der Waals surface area contributed by atoms with Gasteiger partial charge in [0.25, 0.3) is 0 Å². The van der Waals surface area contributed by atoms with Crippen molar-refractivity contribution in [1.29, 1.82) is 0 Å². The first-order valence-electron chi connectivity index (χ1n) is 7.52. The molecule has 1 aromatic rings. The van der Waals surface area contributed by atoms with Crippen LogP contribution >= 0.6 is 12.4 Å². The van der Waals surface area contributed by atoms with E-state index in [-0.39, 0.29) is 30.1 Å².